The van der Waals surface area contributed by atoms with Crippen molar-refractivity contribution in [2.24, 2.45) is 40.4 Å². The number of ether oxygens (including phenoxy) is 2. The Morgan fingerprint density at radius 1 is 1.20 bits per heavy atom. The van der Waals surface area contributed by atoms with E-state index < -0.39 is 40.1 Å². The third-order valence-electron chi connectivity index (χ3n) is 10.9. The number of rotatable bonds is 7. The molecule has 0 aliphatic heterocycles. The van der Waals surface area contributed by atoms with Crippen LogP contribution in [-0.4, -0.2) is 57.7 Å². The average Bonchev–Trinajstić information content (AvgIpc) is 3.57. The van der Waals surface area contributed by atoms with Crippen molar-refractivity contribution in [3.8, 4) is 11.8 Å². The van der Waals surface area contributed by atoms with Gasteiger partial charge in [0.15, 0.2) is 18.0 Å². The number of carbonyl (C=O) groups excluding carboxylic acids is 4. The normalized spacial score (nSPS) is 36.3. The number of allylic oxidation sites excluding steroid dienone is 4. The highest BCUT2D eigenvalue weighted by molar-refractivity contribution is 8.14. The number of alkyl halides is 1. The number of halogens is 1. The maximum Gasteiger partial charge on any atom is 0.375 e. The van der Waals surface area contributed by atoms with Crippen molar-refractivity contribution in [2.45, 2.75) is 84.6 Å². The molecule has 3 saturated carbocycles. The maximum atomic E-state index is 14.4. The third kappa shape index (κ3) is 5.90. The third-order valence-corrected chi connectivity index (χ3v) is 11.8. The van der Waals surface area contributed by atoms with Gasteiger partial charge in [0.05, 0.1) is 24.5 Å². The molecule has 0 spiro atoms. The Hall–Kier alpha value is -3.16. The predicted molar refractivity (Wildman–Crippen MR) is 170 cm³/mol. The largest absolute Gasteiger partial charge is 0.457 e. The molecule has 0 saturated heterocycles. The zero-order valence-corrected chi connectivity index (χ0v) is 28.1. The molecule has 0 radical (unpaired) electrons. The number of carbonyl (C=O) groups is 4. The summed E-state index contributed by atoms with van der Waals surface area (Å²) in [5, 5.41) is 11.6. The lowest BCUT2D eigenvalue weighted by Gasteiger charge is -2.61. The topological polar surface area (TPSA) is 120 Å². The first-order valence-electron chi connectivity index (χ1n) is 15.9. The fourth-order valence-electron chi connectivity index (χ4n) is 9.17. The van der Waals surface area contributed by atoms with Crippen molar-refractivity contribution in [3.05, 3.63) is 48.0 Å². The lowest BCUT2D eigenvalue weighted by atomic mass is 9.45. The SMILES string of the molecule is C[C@@H]1CC2C3C[C@H](C)C4=CC(=O)C=CC4(C)C3C(O)CC2(C)[C@@]1(OC(=O)c1ccco1)C(=O)SCC#CCOC(=O)CC(C)(C)F. The minimum absolute atomic E-state index is 0.0111. The zero-order chi connectivity index (χ0) is 33.7. The van der Waals surface area contributed by atoms with Gasteiger partial charge in [-0.15, -0.1) is 0 Å². The Bertz CT molecular complexity index is 1510. The molecule has 1 heterocycles. The number of fused-ring (bicyclic) bond motifs is 5. The van der Waals surface area contributed by atoms with Crippen LogP contribution in [0.15, 0.2) is 46.6 Å². The predicted octanol–water partition coefficient (Wildman–Crippen LogP) is 5.89. The first-order chi connectivity index (χ1) is 21.5. The number of hydrogen-bond donors (Lipinski definition) is 1. The molecule has 46 heavy (non-hydrogen) atoms. The van der Waals surface area contributed by atoms with Crippen LogP contribution in [0.5, 0.6) is 0 Å². The van der Waals surface area contributed by atoms with Gasteiger partial charge >= 0.3 is 11.9 Å². The fourth-order valence-corrected chi connectivity index (χ4v) is 10.2. The van der Waals surface area contributed by atoms with Crippen LogP contribution in [0.4, 0.5) is 4.39 Å². The van der Waals surface area contributed by atoms with E-state index in [9.17, 15) is 28.7 Å². The summed E-state index contributed by atoms with van der Waals surface area (Å²) in [6.07, 6.45) is 7.00. The molecule has 4 aliphatic carbocycles. The second-order valence-electron chi connectivity index (χ2n) is 14.5. The van der Waals surface area contributed by atoms with E-state index in [1.54, 1.807) is 18.2 Å². The van der Waals surface area contributed by atoms with Crippen LogP contribution in [0.1, 0.15) is 77.8 Å². The molecule has 0 aromatic carbocycles. The molecular weight excluding hydrogens is 611 g/mol. The van der Waals surface area contributed by atoms with Gasteiger partial charge in [0.25, 0.3) is 0 Å². The summed E-state index contributed by atoms with van der Waals surface area (Å²) in [6, 6.07) is 3.07. The Labute approximate surface area is 273 Å². The molecule has 5 rings (SSSR count). The Morgan fingerprint density at radius 3 is 2.61 bits per heavy atom. The van der Waals surface area contributed by atoms with Gasteiger partial charge in [0.2, 0.25) is 10.9 Å². The maximum absolute atomic E-state index is 14.4. The van der Waals surface area contributed by atoms with E-state index in [0.29, 0.717) is 6.42 Å². The molecule has 0 bridgehead atoms. The summed E-state index contributed by atoms with van der Waals surface area (Å²) in [5.74, 6) is 3.56. The standard InChI is InChI=1S/C36H43FO8S/c1-21-16-24-26-17-22(2)36(45-31(41)28-10-9-14-43-28,32(42)46-15-8-7-13-44-29(40)20-33(3,4)37)35(26,6)19-27(39)30(24)34(5)12-11-23(38)18-25(21)34/h9-12,14,18,21-22,24,26-27,30,39H,13,15-17,19-20H2,1-6H3/t21-,22+,24?,26?,27?,30?,34?,35?,36-/m0/s1. The number of ketones is 1. The van der Waals surface area contributed by atoms with E-state index in [2.05, 4.69) is 25.7 Å². The van der Waals surface area contributed by atoms with Crippen LogP contribution in [0.3, 0.4) is 0 Å². The van der Waals surface area contributed by atoms with Crippen molar-refractivity contribution >= 4 is 34.6 Å². The van der Waals surface area contributed by atoms with Crippen LogP contribution >= 0.6 is 11.8 Å². The highest BCUT2D eigenvalue weighted by Gasteiger charge is 2.73. The lowest BCUT2D eigenvalue weighted by molar-refractivity contribution is -0.178. The van der Waals surface area contributed by atoms with E-state index in [4.69, 9.17) is 13.9 Å². The van der Waals surface area contributed by atoms with E-state index in [0.717, 1.165) is 23.8 Å². The van der Waals surface area contributed by atoms with Crippen molar-refractivity contribution < 1.29 is 42.6 Å². The van der Waals surface area contributed by atoms with E-state index >= 15 is 0 Å². The highest BCUT2D eigenvalue weighted by atomic mass is 32.2. The van der Waals surface area contributed by atoms with Gasteiger partial charge in [-0.05, 0) is 75.1 Å². The minimum atomic E-state index is -1.69. The van der Waals surface area contributed by atoms with Gasteiger partial charge in [-0.3, -0.25) is 14.4 Å². The molecule has 1 aromatic rings. The van der Waals surface area contributed by atoms with Gasteiger partial charge in [0.1, 0.15) is 5.67 Å². The molecule has 4 aliphatic rings. The van der Waals surface area contributed by atoms with Gasteiger partial charge in [-0.1, -0.05) is 62.9 Å². The molecule has 248 valence electrons. The Kier molecular flexibility index (Phi) is 9.26. The fraction of sp³-hybridized carbons (Fsp3) is 0.611. The van der Waals surface area contributed by atoms with Crippen molar-refractivity contribution in [1.82, 2.24) is 0 Å². The molecule has 10 heteroatoms. The van der Waals surface area contributed by atoms with Crippen LogP contribution in [-0.2, 0) is 23.9 Å². The van der Waals surface area contributed by atoms with Crippen LogP contribution in [0.25, 0.3) is 0 Å². The molecule has 8 nitrogen and oxygen atoms in total. The summed E-state index contributed by atoms with van der Waals surface area (Å²) in [4.78, 5) is 52.1. The number of hydrogen-bond acceptors (Lipinski definition) is 9. The summed E-state index contributed by atoms with van der Waals surface area (Å²) in [6.45, 7) is 10.4. The van der Waals surface area contributed by atoms with Crippen LogP contribution in [0, 0.1) is 52.3 Å². The number of aliphatic hydroxyl groups is 1. The van der Waals surface area contributed by atoms with Gasteiger partial charge in [-0.25, -0.2) is 9.18 Å². The Balaban J connectivity index is 1.43. The van der Waals surface area contributed by atoms with Crippen molar-refractivity contribution in [3.63, 3.8) is 0 Å². The summed E-state index contributed by atoms with van der Waals surface area (Å²) in [7, 11) is 0. The minimum Gasteiger partial charge on any atom is -0.457 e. The summed E-state index contributed by atoms with van der Waals surface area (Å²) < 4.78 is 30.3. The molecular formula is C36H43FO8S. The number of aliphatic hydroxyl groups excluding tert-OH is 1. The van der Waals surface area contributed by atoms with E-state index in [-0.39, 0.29) is 71.4 Å². The second kappa shape index (κ2) is 12.5. The summed E-state index contributed by atoms with van der Waals surface area (Å²) >= 11 is 0.927. The smallest absolute Gasteiger partial charge is 0.375 e. The van der Waals surface area contributed by atoms with Gasteiger partial charge in [0, 0.05) is 22.7 Å². The Morgan fingerprint density at radius 2 is 1.93 bits per heavy atom. The summed E-state index contributed by atoms with van der Waals surface area (Å²) in [5.41, 5.74) is -3.65. The van der Waals surface area contributed by atoms with Crippen LogP contribution < -0.4 is 0 Å². The number of thioether (sulfide) groups is 1. The van der Waals surface area contributed by atoms with Crippen LogP contribution in [0.2, 0.25) is 0 Å². The lowest BCUT2D eigenvalue weighted by Crippen LogP contribution is -2.63. The molecule has 1 N–H and O–H groups in total. The second-order valence-corrected chi connectivity index (χ2v) is 15.4. The molecule has 1 aromatic heterocycles. The average molecular weight is 655 g/mol. The van der Waals surface area contributed by atoms with Crippen molar-refractivity contribution in [2.75, 3.05) is 12.4 Å². The quantitative estimate of drug-likeness (QED) is 0.284. The van der Waals surface area contributed by atoms with Gasteiger partial charge in [-0.2, -0.15) is 0 Å². The zero-order valence-electron chi connectivity index (χ0n) is 27.3. The van der Waals surface area contributed by atoms with Gasteiger partial charge < -0.3 is 19.0 Å². The van der Waals surface area contributed by atoms with Crippen molar-refractivity contribution in [1.29, 1.82) is 0 Å². The molecule has 0 amide bonds. The number of furan rings is 1. The molecule has 9 atom stereocenters. The molecule has 6 unspecified atom stereocenters. The van der Waals surface area contributed by atoms with E-state index in [1.165, 1.54) is 26.2 Å². The first kappa shape index (κ1) is 34.2. The first-order valence-corrected chi connectivity index (χ1v) is 16.9. The number of esters is 2. The van der Waals surface area contributed by atoms with E-state index in [1.807, 2.05) is 19.9 Å². The highest BCUT2D eigenvalue weighted by Crippen LogP contribution is 2.70. The molecule has 3 fully saturated rings. The monoisotopic (exact) mass is 654 g/mol.